The lowest BCUT2D eigenvalue weighted by Crippen LogP contribution is -2.39. The second-order valence-corrected chi connectivity index (χ2v) is 8.87. The van der Waals surface area contributed by atoms with Crippen molar-refractivity contribution in [3.63, 3.8) is 0 Å². The van der Waals surface area contributed by atoms with Gasteiger partial charge in [0, 0.05) is 25.2 Å². The molecule has 0 saturated carbocycles. The molecule has 0 bridgehead atoms. The lowest BCUT2D eigenvalue weighted by molar-refractivity contribution is 0.0687. The third-order valence-corrected chi connectivity index (χ3v) is 6.58. The molecule has 1 amide bonds. The van der Waals surface area contributed by atoms with Gasteiger partial charge in [-0.15, -0.1) is 0 Å². The fraction of sp³-hybridized carbons (Fsp3) is 0.381. The first-order valence-electron chi connectivity index (χ1n) is 9.36. The van der Waals surface area contributed by atoms with E-state index < -0.39 is 10.0 Å². The van der Waals surface area contributed by atoms with Gasteiger partial charge in [0.25, 0.3) is 5.91 Å². The standard InChI is InChI=1S/C21H26N2O3S/c1-17-7-9-20(10-8-17)27(25,26)22-14-11-18-12-15-23(16-13-18)21(24)19-5-3-2-4-6-19/h2-10,18,22H,11-16H2,1H3. The van der Waals surface area contributed by atoms with Gasteiger partial charge in [-0.1, -0.05) is 35.9 Å². The average molecular weight is 387 g/mol. The second kappa shape index (κ2) is 8.67. The molecule has 1 saturated heterocycles. The van der Waals surface area contributed by atoms with Crippen LogP contribution in [0.25, 0.3) is 0 Å². The summed E-state index contributed by atoms with van der Waals surface area (Å²) in [7, 11) is -3.45. The number of nitrogens with zero attached hydrogens (tertiary/aromatic N) is 1. The molecule has 1 aliphatic rings. The van der Waals surface area contributed by atoms with Gasteiger partial charge in [-0.05, 0) is 56.4 Å². The summed E-state index contributed by atoms with van der Waals surface area (Å²) in [5.74, 6) is 0.514. The normalized spacial score (nSPS) is 15.7. The largest absolute Gasteiger partial charge is 0.339 e. The van der Waals surface area contributed by atoms with Crippen molar-refractivity contribution in [2.75, 3.05) is 19.6 Å². The minimum atomic E-state index is -3.45. The maximum Gasteiger partial charge on any atom is 0.253 e. The van der Waals surface area contributed by atoms with Crippen molar-refractivity contribution < 1.29 is 13.2 Å². The van der Waals surface area contributed by atoms with Crippen LogP contribution >= 0.6 is 0 Å². The molecule has 144 valence electrons. The third-order valence-electron chi connectivity index (χ3n) is 5.10. The van der Waals surface area contributed by atoms with Crippen LogP contribution in [0.5, 0.6) is 0 Å². The van der Waals surface area contributed by atoms with Gasteiger partial charge in [-0.25, -0.2) is 13.1 Å². The van der Waals surface area contributed by atoms with Crippen LogP contribution in [0.2, 0.25) is 0 Å². The smallest absolute Gasteiger partial charge is 0.253 e. The number of carbonyl (C=O) groups is 1. The van der Waals surface area contributed by atoms with E-state index in [1.165, 1.54) is 0 Å². The van der Waals surface area contributed by atoms with E-state index >= 15 is 0 Å². The zero-order valence-electron chi connectivity index (χ0n) is 15.6. The molecule has 0 atom stereocenters. The summed E-state index contributed by atoms with van der Waals surface area (Å²) in [6.45, 7) is 3.80. The quantitative estimate of drug-likeness (QED) is 0.829. The highest BCUT2D eigenvalue weighted by Crippen LogP contribution is 2.22. The molecule has 0 spiro atoms. The van der Waals surface area contributed by atoms with Crippen molar-refractivity contribution in [2.45, 2.75) is 31.1 Å². The molecule has 3 rings (SSSR count). The zero-order valence-corrected chi connectivity index (χ0v) is 16.4. The highest BCUT2D eigenvalue weighted by molar-refractivity contribution is 7.89. The fourth-order valence-corrected chi connectivity index (χ4v) is 4.43. The Labute approximate surface area is 161 Å². The molecule has 2 aromatic carbocycles. The van der Waals surface area contributed by atoms with E-state index in [0.29, 0.717) is 17.4 Å². The number of aryl methyl sites for hydroxylation is 1. The Bertz CT molecular complexity index is 856. The van der Waals surface area contributed by atoms with E-state index in [0.717, 1.165) is 43.5 Å². The molecule has 5 nitrogen and oxygen atoms in total. The third kappa shape index (κ3) is 5.17. The Hall–Kier alpha value is -2.18. The van der Waals surface area contributed by atoms with Gasteiger partial charge in [0.05, 0.1) is 4.90 Å². The van der Waals surface area contributed by atoms with E-state index in [1.54, 1.807) is 24.3 Å². The van der Waals surface area contributed by atoms with Crippen molar-refractivity contribution in [1.29, 1.82) is 0 Å². The van der Waals surface area contributed by atoms with Crippen LogP contribution in [-0.4, -0.2) is 38.9 Å². The Balaban J connectivity index is 1.44. The minimum absolute atomic E-state index is 0.0779. The number of carbonyl (C=O) groups excluding carboxylic acids is 1. The van der Waals surface area contributed by atoms with Crippen LogP contribution in [0, 0.1) is 12.8 Å². The molecular formula is C21H26N2O3S. The number of rotatable bonds is 6. The molecule has 6 heteroatoms. The van der Waals surface area contributed by atoms with Gasteiger partial charge >= 0.3 is 0 Å². The molecule has 1 fully saturated rings. The summed E-state index contributed by atoms with van der Waals surface area (Å²) in [5.41, 5.74) is 1.76. The molecule has 27 heavy (non-hydrogen) atoms. The monoisotopic (exact) mass is 386 g/mol. The molecule has 2 aromatic rings. The van der Waals surface area contributed by atoms with Crippen LogP contribution in [0.15, 0.2) is 59.5 Å². The lowest BCUT2D eigenvalue weighted by atomic mass is 9.93. The van der Waals surface area contributed by atoms with E-state index in [9.17, 15) is 13.2 Å². The van der Waals surface area contributed by atoms with Crippen LogP contribution in [0.1, 0.15) is 35.2 Å². The van der Waals surface area contributed by atoms with Crippen molar-refractivity contribution in [3.05, 3.63) is 65.7 Å². The molecular weight excluding hydrogens is 360 g/mol. The SMILES string of the molecule is Cc1ccc(S(=O)(=O)NCCC2CCN(C(=O)c3ccccc3)CC2)cc1. The molecule has 1 aliphatic heterocycles. The van der Waals surface area contributed by atoms with E-state index in [4.69, 9.17) is 0 Å². The highest BCUT2D eigenvalue weighted by atomic mass is 32.2. The summed E-state index contributed by atoms with van der Waals surface area (Å²) in [6, 6.07) is 16.2. The predicted molar refractivity (Wildman–Crippen MR) is 106 cm³/mol. The number of nitrogens with one attached hydrogen (secondary N) is 1. The number of sulfonamides is 1. The second-order valence-electron chi connectivity index (χ2n) is 7.10. The molecule has 0 radical (unpaired) electrons. The molecule has 0 unspecified atom stereocenters. The highest BCUT2D eigenvalue weighted by Gasteiger charge is 2.24. The predicted octanol–water partition coefficient (Wildman–Crippen LogP) is 3.22. The van der Waals surface area contributed by atoms with Crippen molar-refractivity contribution in [1.82, 2.24) is 9.62 Å². The lowest BCUT2D eigenvalue weighted by Gasteiger charge is -2.32. The van der Waals surface area contributed by atoms with Gasteiger partial charge in [-0.3, -0.25) is 4.79 Å². The average Bonchev–Trinajstić information content (AvgIpc) is 2.69. The number of benzene rings is 2. The number of piperidine rings is 1. The Morgan fingerprint density at radius 2 is 1.67 bits per heavy atom. The first kappa shape index (κ1) is 19.6. The summed E-state index contributed by atoms with van der Waals surface area (Å²) in [4.78, 5) is 14.7. The Kier molecular flexibility index (Phi) is 6.29. The molecule has 1 heterocycles. The van der Waals surface area contributed by atoms with E-state index in [1.807, 2.05) is 42.2 Å². The number of amides is 1. The van der Waals surface area contributed by atoms with Crippen LogP contribution in [0.4, 0.5) is 0 Å². The summed E-state index contributed by atoms with van der Waals surface area (Å²) < 4.78 is 27.3. The first-order chi connectivity index (χ1) is 13.0. The minimum Gasteiger partial charge on any atom is -0.339 e. The number of hydrogen-bond donors (Lipinski definition) is 1. The van der Waals surface area contributed by atoms with Crippen LogP contribution in [-0.2, 0) is 10.0 Å². The molecule has 0 aromatic heterocycles. The summed E-state index contributed by atoms with van der Waals surface area (Å²) in [6.07, 6.45) is 2.61. The maximum atomic E-state index is 12.5. The van der Waals surface area contributed by atoms with E-state index in [2.05, 4.69) is 4.72 Å². The summed E-state index contributed by atoms with van der Waals surface area (Å²) in [5, 5.41) is 0. The Morgan fingerprint density at radius 1 is 1.04 bits per heavy atom. The molecule has 0 aliphatic carbocycles. The van der Waals surface area contributed by atoms with Crippen LogP contribution in [0.3, 0.4) is 0 Å². The van der Waals surface area contributed by atoms with Gasteiger partial charge in [0.1, 0.15) is 0 Å². The molecule has 1 N–H and O–H groups in total. The van der Waals surface area contributed by atoms with Gasteiger partial charge in [0.2, 0.25) is 10.0 Å². The number of hydrogen-bond acceptors (Lipinski definition) is 3. The van der Waals surface area contributed by atoms with Gasteiger partial charge in [0.15, 0.2) is 0 Å². The van der Waals surface area contributed by atoms with Crippen molar-refractivity contribution in [3.8, 4) is 0 Å². The first-order valence-corrected chi connectivity index (χ1v) is 10.8. The summed E-state index contributed by atoms with van der Waals surface area (Å²) >= 11 is 0. The van der Waals surface area contributed by atoms with E-state index in [-0.39, 0.29) is 5.91 Å². The zero-order chi connectivity index (χ0) is 19.3. The number of likely N-dealkylation sites (tertiary alicyclic amines) is 1. The maximum absolute atomic E-state index is 12.5. The van der Waals surface area contributed by atoms with Gasteiger partial charge < -0.3 is 4.90 Å². The van der Waals surface area contributed by atoms with Crippen LogP contribution < -0.4 is 4.72 Å². The Morgan fingerprint density at radius 3 is 2.30 bits per heavy atom. The van der Waals surface area contributed by atoms with Gasteiger partial charge in [-0.2, -0.15) is 0 Å². The fourth-order valence-electron chi connectivity index (χ4n) is 3.39. The van der Waals surface area contributed by atoms with Crippen molar-refractivity contribution >= 4 is 15.9 Å². The van der Waals surface area contributed by atoms with Crippen molar-refractivity contribution in [2.24, 2.45) is 5.92 Å². The topological polar surface area (TPSA) is 66.5 Å².